The van der Waals surface area contributed by atoms with E-state index in [-0.39, 0.29) is 12.0 Å². The van der Waals surface area contributed by atoms with E-state index >= 15 is 0 Å². The number of nitrogens with zero attached hydrogens (tertiary/aromatic N) is 3. The van der Waals surface area contributed by atoms with Crippen molar-refractivity contribution in [2.75, 3.05) is 19.7 Å². The molecule has 0 radical (unpaired) electrons. The quantitative estimate of drug-likeness (QED) is 0.923. The molecular formula is C14H18N4O3. The Bertz CT molecular complexity index is 593. The van der Waals surface area contributed by atoms with E-state index in [2.05, 4.69) is 22.1 Å². The van der Waals surface area contributed by atoms with Gasteiger partial charge in [0.05, 0.1) is 19.4 Å². The van der Waals surface area contributed by atoms with E-state index in [1.54, 1.807) is 17.0 Å². The minimum absolute atomic E-state index is 0.127. The lowest BCUT2D eigenvalue weighted by molar-refractivity contribution is -0.0275. The highest BCUT2D eigenvalue weighted by Gasteiger charge is 2.29. The summed E-state index contributed by atoms with van der Waals surface area (Å²) in [7, 11) is 0. The number of carbonyl (C=O) groups excluding carboxylic acids is 1. The second-order valence-electron chi connectivity index (χ2n) is 4.98. The third-order valence-corrected chi connectivity index (χ3v) is 3.41. The molecule has 2 aromatic rings. The number of nitrogens with one attached hydrogen (secondary N) is 1. The second-order valence-corrected chi connectivity index (χ2v) is 4.98. The fraction of sp³-hybridized carbons (Fsp3) is 0.500. The Kier molecular flexibility index (Phi) is 4.01. The van der Waals surface area contributed by atoms with Crippen molar-refractivity contribution in [1.82, 2.24) is 20.1 Å². The van der Waals surface area contributed by atoms with E-state index in [4.69, 9.17) is 9.15 Å². The lowest BCUT2D eigenvalue weighted by atomic mass is 10.2. The maximum Gasteiger partial charge on any atom is 0.289 e. The average Bonchev–Trinajstić information content (AvgIpc) is 3.18. The first kappa shape index (κ1) is 13.8. The minimum Gasteiger partial charge on any atom is -0.459 e. The maximum absolute atomic E-state index is 12.3. The van der Waals surface area contributed by atoms with Gasteiger partial charge >= 0.3 is 0 Å². The summed E-state index contributed by atoms with van der Waals surface area (Å²) in [5, 5.41) is 7.10. The molecule has 1 aliphatic rings. The first-order chi connectivity index (χ1) is 10.3. The van der Waals surface area contributed by atoms with Gasteiger partial charge in [0.25, 0.3) is 5.91 Å². The van der Waals surface area contributed by atoms with Crippen LogP contribution in [0.4, 0.5) is 0 Å². The van der Waals surface area contributed by atoms with Crippen LogP contribution < -0.4 is 0 Å². The summed E-state index contributed by atoms with van der Waals surface area (Å²) < 4.78 is 10.8. The van der Waals surface area contributed by atoms with Crippen LogP contribution >= 0.6 is 0 Å². The molecule has 1 saturated heterocycles. The number of aryl methyl sites for hydroxylation is 1. The number of hydrogen-bond acceptors (Lipinski definition) is 5. The van der Waals surface area contributed by atoms with Crippen LogP contribution in [0.25, 0.3) is 0 Å². The van der Waals surface area contributed by atoms with Crippen molar-refractivity contribution in [3.8, 4) is 0 Å². The molecule has 1 N–H and O–H groups in total. The maximum atomic E-state index is 12.3. The monoisotopic (exact) mass is 290 g/mol. The molecule has 1 aliphatic heterocycles. The highest BCUT2D eigenvalue weighted by molar-refractivity contribution is 5.91. The van der Waals surface area contributed by atoms with Gasteiger partial charge in [0, 0.05) is 13.0 Å². The first-order valence-electron chi connectivity index (χ1n) is 7.13. The zero-order valence-electron chi connectivity index (χ0n) is 11.9. The SMILES string of the molecule is CCCc1nc([C@H]2CN(C(=O)c3ccco3)CCO2)n[nH]1. The third kappa shape index (κ3) is 2.97. The number of hydrogen-bond donors (Lipinski definition) is 1. The molecule has 0 saturated carbocycles. The summed E-state index contributed by atoms with van der Waals surface area (Å²) in [4.78, 5) is 18.4. The minimum atomic E-state index is -0.292. The van der Waals surface area contributed by atoms with Crippen molar-refractivity contribution >= 4 is 5.91 Å². The van der Waals surface area contributed by atoms with E-state index in [0.29, 0.717) is 31.3 Å². The Morgan fingerprint density at radius 1 is 1.57 bits per heavy atom. The lowest BCUT2D eigenvalue weighted by Crippen LogP contribution is -2.42. The molecule has 21 heavy (non-hydrogen) atoms. The van der Waals surface area contributed by atoms with Crippen LogP contribution in [0.5, 0.6) is 0 Å². The van der Waals surface area contributed by atoms with Gasteiger partial charge in [-0.25, -0.2) is 4.98 Å². The molecule has 0 bridgehead atoms. The van der Waals surface area contributed by atoms with Gasteiger partial charge in [-0.15, -0.1) is 0 Å². The molecule has 112 valence electrons. The highest BCUT2D eigenvalue weighted by Crippen LogP contribution is 2.21. The molecule has 3 rings (SSSR count). The predicted octanol–water partition coefficient (Wildman–Crippen LogP) is 1.56. The van der Waals surface area contributed by atoms with Crippen LogP contribution in [0.3, 0.4) is 0 Å². The second kappa shape index (κ2) is 6.09. The predicted molar refractivity (Wildman–Crippen MR) is 73.7 cm³/mol. The molecule has 0 unspecified atom stereocenters. The molecule has 1 fully saturated rings. The molecular weight excluding hydrogens is 272 g/mol. The topological polar surface area (TPSA) is 84.2 Å². The van der Waals surface area contributed by atoms with Crippen LogP contribution in [-0.4, -0.2) is 45.7 Å². The molecule has 2 aromatic heterocycles. The van der Waals surface area contributed by atoms with Gasteiger partial charge in [0.2, 0.25) is 0 Å². The number of amides is 1. The van der Waals surface area contributed by atoms with Crippen molar-refractivity contribution < 1.29 is 13.9 Å². The Hall–Kier alpha value is -2.15. The Morgan fingerprint density at radius 2 is 2.48 bits per heavy atom. The van der Waals surface area contributed by atoms with Gasteiger partial charge in [-0.05, 0) is 18.6 Å². The van der Waals surface area contributed by atoms with Crippen molar-refractivity contribution in [3.63, 3.8) is 0 Å². The number of morpholine rings is 1. The summed E-state index contributed by atoms with van der Waals surface area (Å²) in [6.07, 6.45) is 3.06. The van der Waals surface area contributed by atoms with Gasteiger partial charge in [-0.2, -0.15) is 5.10 Å². The van der Waals surface area contributed by atoms with Crippen molar-refractivity contribution in [2.45, 2.75) is 25.9 Å². The number of rotatable bonds is 4. The largest absolute Gasteiger partial charge is 0.459 e. The fourth-order valence-electron chi connectivity index (χ4n) is 2.35. The van der Waals surface area contributed by atoms with Crippen LogP contribution in [-0.2, 0) is 11.2 Å². The summed E-state index contributed by atoms with van der Waals surface area (Å²) >= 11 is 0. The van der Waals surface area contributed by atoms with E-state index in [1.807, 2.05) is 0 Å². The number of furan rings is 1. The number of aromatic nitrogens is 3. The van der Waals surface area contributed by atoms with Crippen molar-refractivity contribution in [3.05, 3.63) is 35.8 Å². The van der Waals surface area contributed by atoms with Crippen LogP contribution in [0.15, 0.2) is 22.8 Å². The standard InChI is InChI=1S/C14H18N4O3/c1-2-4-12-15-13(17-16-12)11-9-18(6-8-21-11)14(19)10-5-3-7-20-10/h3,5,7,11H,2,4,6,8-9H2,1H3,(H,15,16,17)/t11-/m1/s1. The van der Waals surface area contributed by atoms with E-state index in [9.17, 15) is 4.79 Å². The zero-order valence-corrected chi connectivity index (χ0v) is 11.9. The number of carbonyl (C=O) groups is 1. The van der Waals surface area contributed by atoms with E-state index in [1.165, 1.54) is 6.26 Å². The van der Waals surface area contributed by atoms with Gasteiger partial charge < -0.3 is 14.1 Å². The first-order valence-corrected chi connectivity index (χ1v) is 7.13. The van der Waals surface area contributed by atoms with Crippen molar-refractivity contribution in [2.24, 2.45) is 0 Å². The van der Waals surface area contributed by atoms with Gasteiger partial charge in [0.15, 0.2) is 11.6 Å². The molecule has 1 amide bonds. The van der Waals surface area contributed by atoms with Gasteiger partial charge in [-0.1, -0.05) is 6.92 Å². The molecule has 0 aromatic carbocycles. The third-order valence-electron chi connectivity index (χ3n) is 3.41. The normalized spacial score (nSPS) is 18.9. The molecule has 7 nitrogen and oxygen atoms in total. The number of H-pyrrole nitrogens is 1. The van der Waals surface area contributed by atoms with Crippen LogP contribution in [0.1, 0.15) is 41.7 Å². The average molecular weight is 290 g/mol. The van der Waals surface area contributed by atoms with Gasteiger partial charge in [0.1, 0.15) is 11.9 Å². The summed E-state index contributed by atoms with van der Waals surface area (Å²) in [6, 6.07) is 3.37. The summed E-state index contributed by atoms with van der Waals surface area (Å²) in [5.74, 6) is 1.68. The number of ether oxygens (including phenoxy) is 1. The van der Waals surface area contributed by atoms with Crippen molar-refractivity contribution in [1.29, 1.82) is 0 Å². The van der Waals surface area contributed by atoms with E-state index < -0.39 is 0 Å². The Morgan fingerprint density at radius 3 is 3.24 bits per heavy atom. The highest BCUT2D eigenvalue weighted by atomic mass is 16.5. The number of aromatic amines is 1. The smallest absolute Gasteiger partial charge is 0.289 e. The Labute approximate surface area is 122 Å². The molecule has 3 heterocycles. The molecule has 0 spiro atoms. The van der Waals surface area contributed by atoms with E-state index in [0.717, 1.165) is 18.7 Å². The fourth-order valence-corrected chi connectivity index (χ4v) is 2.35. The summed E-state index contributed by atoms with van der Waals surface area (Å²) in [5.41, 5.74) is 0. The summed E-state index contributed by atoms with van der Waals surface area (Å²) in [6.45, 7) is 3.53. The van der Waals surface area contributed by atoms with Gasteiger partial charge in [-0.3, -0.25) is 9.89 Å². The Balaban J connectivity index is 1.69. The van der Waals surface area contributed by atoms with Crippen LogP contribution in [0, 0.1) is 0 Å². The molecule has 0 aliphatic carbocycles. The molecule has 1 atom stereocenters. The zero-order chi connectivity index (χ0) is 14.7. The lowest BCUT2D eigenvalue weighted by Gasteiger charge is -2.31. The van der Waals surface area contributed by atoms with Crippen LogP contribution in [0.2, 0.25) is 0 Å². The molecule has 7 heteroatoms.